The third-order valence-corrected chi connectivity index (χ3v) is 3.39. The lowest BCUT2D eigenvalue weighted by Gasteiger charge is -2.11. The number of carboxylic acid groups (broad SMARTS) is 1. The lowest BCUT2D eigenvalue weighted by Crippen LogP contribution is -2.18. The molecule has 0 saturated carbocycles. The first-order valence-electron chi connectivity index (χ1n) is 7.77. The molecule has 0 unspecified atom stereocenters. The molecule has 1 aromatic rings. The number of carbonyl (C=O) groups is 3. The van der Waals surface area contributed by atoms with Gasteiger partial charge in [-0.2, -0.15) is 0 Å². The van der Waals surface area contributed by atoms with E-state index in [0.717, 1.165) is 6.42 Å². The summed E-state index contributed by atoms with van der Waals surface area (Å²) in [4.78, 5) is 34.4. The van der Waals surface area contributed by atoms with Crippen LogP contribution < -0.4 is 5.32 Å². The Labute approximate surface area is 135 Å². The van der Waals surface area contributed by atoms with Gasteiger partial charge in [0.05, 0.1) is 18.1 Å². The smallest absolute Gasteiger partial charge is 0.338 e. The van der Waals surface area contributed by atoms with E-state index in [2.05, 4.69) is 5.32 Å². The van der Waals surface area contributed by atoms with Crippen LogP contribution in [-0.4, -0.2) is 29.6 Å². The Balaban J connectivity index is 2.51. The molecule has 0 bridgehead atoms. The van der Waals surface area contributed by atoms with E-state index in [1.165, 1.54) is 0 Å². The summed E-state index contributed by atoms with van der Waals surface area (Å²) in [5.74, 6) is -2.00. The highest BCUT2D eigenvalue weighted by Crippen LogP contribution is 2.16. The molecule has 0 aliphatic rings. The number of esters is 1. The maximum absolute atomic E-state index is 11.9. The SMILES string of the molecule is CCC[C@@H](CCC(=O)Nc1ccc(C(=O)OCC)cc1)C(=O)O. The van der Waals surface area contributed by atoms with E-state index in [9.17, 15) is 14.4 Å². The van der Waals surface area contributed by atoms with Crippen molar-refractivity contribution in [3.05, 3.63) is 29.8 Å². The summed E-state index contributed by atoms with van der Waals surface area (Å²) in [6.07, 6.45) is 1.80. The summed E-state index contributed by atoms with van der Waals surface area (Å²) in [5.41, 5.74) is 0.976. The van der Waals surface area contributed by atoms with E-state index in [0.29, 0.717) is 30.7 Å². The molecule has 0 heterocycles. The van der Waals surface area contributed by atoms with Crippen molar-refractivity contribution in [3.8, 4) is 0 Å². The Bertz CT molecular complexity index is 538. The highest BCUT2D eigenvalue weighted by Gasteiger charge is 2.17. The van der Waals surface area contributed by atoms with Crippen molar-refractivity contribution in [1.29, 1.82) is 0 Å². The van der Waals surface area contributed by atoms with Gasteiger partial charge in [0.2, 0.25) is 5.91 Å². The number of carbonyl (C=O) groups excluding carboxylic acids is 2. The molecule has 1 aromatic carbocycles. The summed E-state index contributed by atoms with van der Waals surface area (Å²) in [6, 6.07) is 6.38. The number of ether oxygens (including phenoxy) is 1. The number of anilines is 1. The number of benzene rings is 1. The maximum Gasteiger partial charge on any atom is 0.338 e. The first kappa shape index (κ1) is 18.7. The fourth-order valence-electron chi connectivity index (χ4n) is 2.17. The van der Waals surface area contributed by atoms with E-state index < -0.39 is 17.9 Å². The molecule has 6 nitrogen and oxygen atoms in total. The Morgan fingerprint density at radius 1 is 1.13 bits per heavy atom. The molecule has 126 valence electrons. The highest BCUT2D eigenvalue weighted by atomic mass is 16.5. The predicted molar refractivity (Wildman–Crippen MR) is 86.3 cm³/mol. The minimum atomic E-state index is -0.863. The van der Waals surface area contributed by atoms with Crippen molar-refractivity contribution < 1.29 is 24.2 Å². The minimum Gasteiger partial charge on any atom is -0.481 e. The molecule has 6 heteroatoms. The van der Waals surface area contributed by atoms with Crippen molar-refractivity contribution in [2.24, 2.45) is 5.92 Å². The predicted octanol–water partition coefficient (Wildman–Crippen LogP) is 3.08. The van der Waals surface area contributed by atoms with Crippen LogP contribution in [0.2, 0.25) is 0 Å². The van der Waals surface area contributed by atoms with Crippen LogP contribution in [0.25, 0.3) is 0 Å². The van der Waals surface area contributed by atoms with E-state index in [1.807, 2.05) is 6.92 Å². The van der Waals surface area contributed by atoms with Crippen LogP contribution in [0, 0.1) is 5.92 Å². The van der Waals surface area contributed by atoms with Crippen LogP contribution in [0.1, 0.15) is 49.9 Å². The summed E-state index contributed by atoms with van der Waals surface area (Å²) in [5, 5.41) is 11.8. The first-order chi connectivity index (χ1) is 11.0. The highest BCUT2D eigenvalue weighted by molar-refractivity contribution is 5.93. The van der Waals surface area contributed by atoms with Crippen LogP contribution in [0.3, 0.4) is 0 Å². The Kier molecular flexibility index (Phi) is 7.80. The maximum atomic E-state index is 11.9. The van der Waals surface area contributed by atoms with Crippen LogP contribution in [0.15, 0.2) is 24.3 Å². The van der Waals surface area contributed by atoms with E-state index >= 15 is 0 Å². The zero-order valence-electron chi connectivity index (χ0n) is 13.5. The van der Waals surface area contributed by atoms with Crippen LogP contribution in [-0.2, 0) is 14.3 Å². The summed E-state index contributed by atoms with van der Waals surface area (Å²) >= 11 is 0. The molecule has 0 saturated heterocycles. The molecule has 0 aromatic heterocycles. The van der Waals surface area contributed by atoms with Gasteiger partial charge in [-0.15, -0.1) is 0 Å². The average Bonchev–Trinajstić information content (AvgIpc) is 2.52. The standard InChI is InChI=1S/C17H23NO5/c1-3-5-12(16(20)21)8-11-15(19)18-14-9-6-13(7-10-14)17(22)23-4-2/h6-7,9-10,12H,3-5,8,11H2,1-2H3,(H,18,19)(H,20,21)/t12-/m0/s1. The van der Waals surface area contributed by atoms with Gasteiger partial charge in [-0.3, -0.25) is 9.59 Å². The van der Waals surface area contributed by atoms with Gasteiger partial charge in [0.25, 0.3) is 0 Å². The number of hydrogen-bond acceptors (Lipinski definition) is 4. The van der Waals surface area contributed by atoms with Crippen LogP contribution >= 0.6 is 0 Å². The van der Waals surface area contributed by atoms with Gasteiger partial charge in [0, 0.05) is 12.1 Å². The molecule has 23 heavy (non-hydrogen) atoms. The zero-order valence-corrected chi connectivity index (χ0v) is 13.5. The number of carboxylic acids is 1. The third kappa shape index (κ3) is 6.50. The van der Waals surface area contributed by atoms with E-state index in [1.54, 1.807) is 31.2 Å². The third-order valence-electron chi connectivity index (χ3n) is 3.39. The second-order valence-corrected chi connectivity index (χ2v) is 5.21. The first-order valence-corrected chi connectivity index (χ1v) is 7.77. The molecular weight excluding hydrogens is 298 g/mol. The fourth-order valence-corrected chi connectivity index (χ4v) is 2.17. The molecular formula is C17H23NO5. The molecule has 2 N–H and O–H groups in total. The molecule has 1 rings (SSSR count). The van der Waals surface area contributed by atoms with E-state index in [4.69, 9.17) is 9.84 Å². The summed E-state index contributed by atoms with van der Waals surface area (Å²) in [7, 11) is 0. The van der Waals surface area contributed by atoms with Gasteiger partial charge in [-0.1, -0.05) is 13.3 Å². The molecule has 0 spiro atoms. The monoisotopic (exact) mass is 321 g/mol. The number of aliphatic carboxylic acids is 1. The molecule has 1 amide bonds. The second kappa shape index (κ2) is 9.61. The summed E-state index contributed by atoms with van der Waals surface area (Å²) in [6.45, 7) is 3.95. The quantitative estimate of drug-likeness (QED) is 0.682. The number of nitrogens with one attached hydrogen (secondary N) is 1. The van der Waals surface area contributed by atoms with Crippen molar-refractivity contribution in [3.63, 3.8) is 0 Å². The van der Waals surface area contributed by atoms with Gasteiger partial charge in [0.1, 0.15) is 0 Å². The van der Waals surface area contributed by atoms with Crippen molar-refractivity contribution in [2.75, 3.05) is 11.9 Å². The average molecular weight is 321 g/mol. The number of rotatable bonds is 9. The molecule has 1 atom stereocenters. The van der Waals surface area contributed by atoms with Crippen molar-refractivity contribution in [2.45, 2.75) is 39.5 Å². The lowest BCUT2D eigenvalue weighted by molar-refractivity contribution is -0.142. The van der Waals surface area contributed by atoms with Gasteiger partial charge >= 0.3 is 11.9 Å². The summed E-state index contributed by atoms with van der Waals surface area (Å²) < 4.78 is 4.88. The van der Waals surface area contributed by atoms with Crippen molar-refractivity contribution in [1.82, 2.24) is 0 Å². The van der Waals surface area contributed by atoms with Gasteiger partial charge in [-0.25, -0.2) is 4.79 Å². The lowest BCUT2D eigenvalue weighted by atomic mass is 9.98. The van der Waals surface area contributed by atoms with Crippen LogP contribution in [0.5, 0.6) is 0 Å². The van der Waals surface area contributed by atoms with Gasteiger partial charge < -0.3 is 15.2 Å². The topological polar surface area (TPSA) is 92.7 Å². The fraction of sp³-hybridized carbons (Fsp3) is 0.471. The Hall–Kier alpha value is -2.37. The van der Waals surface area contributed by atoms with Crippen LogP contribution in [0.4, 0.5) is 5.69 Å². The van der Waals surface area contributed by atoms with Crippen molar-refractivity contribution >= 4 is 23.5 Å². The normalized spacial score (nSPS) is 11.6. The van der Waals surface area contributed by atoms with E-state index in [-0.39, 0.29) is 12.3 Å². The Morgan fingerprint density at radius 2 is 1.78 bits per heavy atom. The van der Waals surface area contributed by atoms with Gasteiger partial charge in [0.15, 0.2) is 0 Å². The zero-order chi connectivity index (χ0) is 17.2. The largest absolute Gasteiger partial charge is 0.481 e. The molecule has 0 aliphatic heterocycles. The minimum absolute atomic E-state index is 0.149. The van der Waals surface area contributed by atoms with Gasteiger partial charge in [-0.05, 0) is 44.0 Å². The molecule has 0 radical (unpaired) electrons. The number of amides is 1. The molecule has 0 aliphatic carbocycles. The Morgan fingerprint density at radius 3 is 2.30 bits per heavy atom. The number of hydrogen-bond donors (Lipinski definition) is 2. The molecule has 0 fully saturated rings. The second-order valence-electron chi connectivity index (χ2n) is 5.21.